The van der Waals surface area contributed by atoms with E-state index >= 15 is 0 Å². The van der Waals surface area contributed by atoms with Crippen molar-refractivity contribution in [2.75, 3.05) is 10.2 Å². The fourth-order valence-corrected chi connectivity index (χ4v) is 2.77. The minimum atomic E-state index is -0.324. The molecule has 0 bridgehead atoms. The fourth-order valence-electron chi connectivity index (χ4n) is 2.77. The number of benzene rings is 1. The predicted molar refractivity (Wildman–Crippen MR) is 88.1 cm³/mol. The van der Waals surface area contributed by atoms with Crippen LogP contribution in [0.15, 0.2) is 73.2 Å². The highest BCUT2D eigenvalue weighted by molar-refractivity contribution is 6.11. The second-order valence-corrected chi connectivity index (χ2v) is 5.24. The first-order chi connectivity index (χ1) is 11.3. The number of para-hydroxylation sites is 1. The first-order valence-electron chi connectivity index (χ1n) is 7.35. The van der Waals surface area contributed by atoms with Gasteiger partial charge in [0.1, 0.15) is 12.0 Å². The average Bonchev–Trinajstić information content (AvgIpc) is 2.63. The van der Waals surface area contributed by atoms with E-state index in [0.717, 1.165) is 11.3 Å². The smallest absolute Gasteiger partial charge is 0.263 e. The van der Waals surface area contributed by atoms with Crippen molar-refractivity contribution in [3.8, 4) is 0 Å². The van der Waals surface area contributed by atoms with E-state index < -0.39 is 0 Å². The van der Waals surface area contributed by atoms with Gasteiger partial charge in [0, 0.05) is 24.3 Å². The number of hydrogen-bond donors (Lipinski definition) is 1. The monoisotopic (exact) mass is 302 g/mol. The van der Waals surface area contributed by atoms with Crippen LogP contribution in [-0.2, 0) is 0 Å². The Kier molecular flexibility index (Phi) is 3.24. The standard InChI is InChI=1S/C18H14N4O/c23-18-14-5-1-2-6-15(14)21-17(13-8-11-19-12-9-13)22(18)16-7-3-4-10-20-16/h1-12,17,21H/t17-/m0/s1. The van der Waals surface area contributed by atoms with Crippen LogP contribution in [-0.4, -0.2) is 15.9 Å². The number of carbonyl (C=O) groups is 1. The molecule has 4 rings (SSSR count). The summed E-state index contributed by atoms with van der Waals surface area (Å²) >= 11 is 0. The lowest BCUT2D eigenvalue weighted by atomic mass is 10.0. The van der Waals surface area contributed by atoms with Gasteiger partial charge in [-0.05, 0) is 42.0 Å². The maximum absolute atomic E-state index is 13.0. The predicted octanol–water partition coefficient (Wildman–Crippen LogP) is 3.25. The Labute approximate surface area is 133 Å². The molecule has 0 spiro atoms. The molecule has 0 unspecified atom stereocenters. The number of fused-ring (bicyclic) bond motifs is 1. The number of anilines is 2. The molecule has 0 fully saturated rings. The zero-order chi connectivity index (χ0) is 15.6. The highest BCUT2D eigenvalue weighted by Gasteiger charge is 2.34. The van der Waals surface area contributed by atoms with E-state index in [2.05, 4.69) is 15.3 Å². The van der Waals surface area contributed by atoms with Crippen molar-refractivity contribution in [2.24, 2.45) is 0 Å². The van der Waals surface area contributed by atoms with Gasteiger partial charge in [-0.15, -0.1) is 0 Å². The molecule has 1 aromatic carbocycles. The van der Waals surface area contributed by atoms with Gasteiger partial charge < -0.3 is 5.32 Å². The molecule has 1 aliphatic heterocycles. The fraction of sp³-hybridized carbons (Fsp3) is 0.0556. The molecule has 23 heavy (non-hydrogen) atoms. The van der Waals surface area contributed by atoms with E-state index in [1.807, 2.05) is 54.6 Å². The largest absolute Gasteiger partial charge is 0.360 e. The number of nitrogens with zero attached hydrogens (tertiary/aromatic N) is 3. The van der Waals surface area contributed by atoms with Gasteiger partial charge in [0.15, 0.2) is 0 Å². The van der Waals surface area contributed by atoms with Crippen molar-refractivity contribution in [3.05, 3.63) is 84.3 Å². The summed E-state index contributed by atoms with van der Waals surface area (Å²) in [6, 6.07) is 16.9. The third kappa shape index (κ3) is 2.32. The Bertz CT molecular complexity index is 836. The number of nitrogens with one attached hydrogen (secondary N) is 1. The van der Waals surface area contributed by atoms with Crippen molar-refractivity contribution in [1.29, 1.82) is 0 Å². The molecule has 0 saturated carbocycles. The minimum Gasteiger partial charge on any atom is -0.360 e. The van der Waals surface area contributed by atoms with Crippen LogP contribution in [0.25, 0.3) is 0 Å². The zero-order valence-electron chi connectivity index (χ0n) is 12.3. The van der Waals surface area contributed by atoms with Gasteiger partial charge in [-0.3, -0.25) is 14.7 Å². The molecule has 5 heteroatoms. The molecule has 0 aliphatic carbocycles. The average molecular weight is 302 g/mol. The van der Waals surface area contributed by atoms with Crippen LogP contribution in [0.4, 0.5) is 11.5 Å². The third-order valence-electron chi connectivity index (χ3n) is 3.84. The molecular weight excluding hydrogens is 288 g/mol. The van der Waals surface area contributed by atoms with E-state index in [4.69, 9.17) is 0 Å². The summed E-state index contributed by atoms with van der Waals surface area (Å²) in [5.41, 5.74) is 2.42. The van der Waals surface area contributed by atoms with Crippen molar-refractivity contribution in [3.63, 3.8) is 0 Å². The number of amides is 1. The van der Waals surface area contributed by atoms with Crippen molar-refractivity contribution in [1.82, 2.24) is 9.97 Å². The summed E-state index contributed by atoms with van der Waals surface area (Å²) in [7, 11) is 0. The normalized spacial score (nSPS) is 16.6. The maximum Gasteiger partial charge on any atom is 0.263 e. The lowest BCUT2D eigenvalue weighted by Crippen LogP contribution is -2.43. The van der Waals surface area contributed by atoms with Gasteiger partial charge in [-0.2, -0.15) is 0 Å². The molecule has 1 atom stereocenters. The summed E-state index contributed by atoms with van der Waals surface area (Å²) < 4.78 is 0. The second kappa shape index (κ2) is 5.53. The zero-order valence-corrected chi connectivity index (χ0v) is 12.3. The number of aromatic nitrogens is 2. The van der Waals surface area contributed by atoms with Crippen LogP contribution in [0.2, 0.25) is 0 Å². The maximum atomic E-state index is 13.0. The van der Waals surface area contributed by atoms with E-state index in [-0.39, 0.29) is 12.1 Å². The van der Waals surface area contributed by atoms with E-state index in [1.54, 1.807) is 23.5 Å². The summed E-state index contributed by atoms with van der Waals surface area (Å²) in [5, 5.41) is 3.43. The van der Waals surface area contributed by atoms with E-state index in [0.29, 0.717) is 11.4 Å². The molecule has 3 aromatic rings. The highest BCUT2D eigenvalue weighted by Crippen LogP contribution is 2.35. The Morgan fingerprint density at radius 2 is 1.70 bits per heavy atom. The highest BCUT2D eigenvalue weighted by atomic mass is 16.2. The molecule has 3 heterocycles. The van der Waals surface area contributed by atoms with Crippen LogP contribution in [0.3, 0.4) is 0 Å². The second-order valence-electron chi connectivity index (χ2n) is 5.24. The van der Waals surface area contributed by atoms with Gasteiger partial charge in [-0.25, -0.2) is 4.98 Å². The molecule has 0 saturated heterocycles. The summed E-state index contributed by atoms with van der Waals surface area (Å²) in [5.74, 6) is 0.543. The summed E-state index contributed by atoms with van der Waals surface area (Å²) in [4.78, 5) is 23.1. The topological polar surface area (TPSA) is 58.1 Å². The Balaban J connectivity index is 1.87. The molecular formula is C18H14N4O. The summed E-state index contributed by atoms with van der Waals surface area (Å²) in [6.07, 6.45) is 4.81. The van der Waals surface area contributed by atoms with Gasteiger partial charge in [0.2, 0.25) is 0 Å². The van der Waals surface area contributed by atoms with Gasteiger partial charge >= 0.3 is 0 Å². The van der Waals surface area contributed by atoms with Crippen LogP contribution < -0.4 is 10.2 Å². The lowest BCUT2D eigenvalue weighted by Gasteiger charge is -2.37. The molecule has 2 aromatic heterocycles. The van der Waals surface area contributed by atoms with Crippen LogP contribution in [0.5, 0.6) is 0 Å². The number of rotatable bonds is 2. The SMILES string of the molecule is O=C1c2ccccc2N[C@H](c2ccncc2)N1c1ccccn1. The minimum absolute atomic E-state index is 0.0696. The van der Waals surface area contributed by atoms with Gasteiger partial charge in [0.05, 0.1) is 5.56 Å². The number of hydrogen-bond acceptors (Lipinski definition) is 4. The Morgan fingerprint density at radius 3 is 2.48 bits per heavy atom. The molecule has 1 amide bonds. The first-order valence-corrected chi connectivity index (χ1v) is 7.35. The molecule has 1 N–H and O–H groups in total. The van der Waals surface area contributed by atoms with Crippen LogP contribution in [0.1, 0.15) is 22.1 Å². The molecule has 1 aliphatic rings. The van der Waals surface area contributed by atoms with Crippen LogP contribution >= 0.6 is 0 Å². The summed E-state index contributed by atoms with van der Waals surface area (Å²) in [6.45, 7) is 0. The first kappa shape index (κ1) is 13.5. The van der Waals surface area contributed by atoms with Gasteiger partial charge in [-0.1, -0.05) is 18.2 Å². The number of pyridine rings is 2. The number of carbonyl (C=O) groups excluding carboxylic acids is 1. The van der Waals surface area contributed by atoms with Crippen molar-refractivity contribution < 1.29 is 4.79 Å². The van der Waals surface area contributed by atoms with E-state index in [9.17, 15) is 4.79 Å². The Morgan fingerprint density at radius 1 is 0.913 bits per heavy atom. The van der Waals surface area contributed by atoms with Crippen molar-refractivity contribution >= 4 is 17.4 Å². The quantitative estimate of drug-likeness (QED) is 0.789. The third-order valence-corrected chi connectivity index (χ3v) is 3.84. The van der Waals surface area contributed by atoms with Crippen LogP contribution in [0, 0.1) is 0 Å². The van der Waals surface area contributed by atoms with Gasteiger partial charge in [0.25, 0.3) is 5.91 Å². The molecule has 112 valence electrons. The Hall–Kier alpha value is -3.21. The van der Waals surface area contributed by atoms with E-state index in [1.165, 1.54) is 0 Å². The molecule has 5 nitrogen and oxygen atoms in total. The lowest BCUT2D eigenvalue weighted by molar-refractivity contribution is 0.0974. The van der Waals surface area contributed by atoms with Crippen molar-refractivity contribution in [2.45, 2.75) is 6.17 Å². The molecule has 0 radical (unpaired) electrons.